The maximum Gasteiger partial charge on any atom is 0.188 e. The van der Waals surface area contributed by atoms with E-state index in [-0.39, 0.29) is 6.79 Å². The van der Waals surface area contributed by atoms with Crippen molar-refractivity contribution in [1.82, 2.24) is 0 Å². The van der Waals surface area contributed by atoms with Crippen LogP contribution >= 0.6 is 8.58 Å². The molecule has 4 heteroatoms. The Morgan fingerprint density at radius 1 is 1.00 bits per heavy atom. The quantitative estimate of drug-likeness (QED) is 0.524. The van der Waals surface area contributed by atoms with Crippen molar-refractivity contribution in [1.29, 1.82) is 0 Å². The summed E-state index contributed by atoms with van der Waals surface area (Å²) in [6, 6.07) is 11.0. The van der Waals surface area contributed by atoms with E-state index in [0.717, 1.165) is 24.4 Å². The van der Waals surface area contributed by atoms with E-state index in [1.54, 1.807) is 7.11 Å². The summed E-state index contributed by atoms with van der Waals surface area (Å²) < 4.78 is 11.0. The molecule has 3 nitrogen and oxygen atoms in total. The molecular weight excluding hydrogens is 329 g/mol. The van der Waals surface area contributed by atoms with Gasteiger partial charge in [-0.3, -0.25) is 0 Å². The highest BCUT2D eigenvalue weighted by molar-refractivity contribution is 7.56. The van der Waals surface area contributed by atoms with Gasteiger partial charge >= 0.3 is 0 Å². The van der Waals surface area contributed by atoms with Crippen molar-refractivity contribution >= 4 is 24.9 Å². The molecule has 2 aromatic carbocycles. The fourth-order valence-electron chi connectivity index (χ4n) is 3.13. The summed E-state index contributed by atoms with van der Waals surface area (Å²) in [5, 5.41) is 2.65. The monoisotopic (exact) mass is 359 g/mol. The standard InChI is InChI=1S/C21H30NO2P/c1-7-22(8-2)18-11-9-10-16(4)21(18)25-19-13-15(3)12-17(5)20(19)24-14-23-6/h9-13,25H,7-8,14H2,1-6H3. The molecule has 0 saturated heterocycles. The first kappa shape index (κ1) is 19.8. The number of methoxy groups -OCH3 is 1. The number of ether oxygens (including phenoxy) is 2. The molecule has 1 atom stereocenters. The van der Waals surface area contributed by atoms with Gasteiger partial charge < -0.3 is 14.4 Å². The van der Waals surface area contributed by atoms with E-state index in [2.05, 4.69) is 69.9 Å². The molecule has 0 spiro atoms. The molecule has 1 unspecified atom stereocenters. The molecule has 0 bridgehead atoms. The number of hydrogen-bond donors (Lipinski definition) is 0. The smallest absolute Gasteiger partial charge is 0.188 e. The summed E-state index contributed by atoms with van der Waals surface area (Å²) in [6.45, 7) is 13.2. The van der Waals surface area contributed by atoms with Crippen LogP contribution in [0, 0.1) is 20.8 Å². The molecule has 0 aliphatic rings. The van der Waals surface area contributed by atoms with E-state index in [9.17, 15) is 0 Å². The normalized spacial score (nSPS) is 11.3. The molecular formula is C21H30NO2P. The second-order valence-electron chi connectivity index (χ2n) is 6.28. The van der Waals surface area contributed by atoms with E-state index in [1.165, 1.54) is 27.4 Å². The van der Waals surface area contributed by atoms with Gasteiger partial charge in [-0.05, 0) is 63.4 Å². The molecule has 0 radical (unpaired) electrons. The topological polar surface area (TPSA) is 21.7 Å². The predicted molar refractivity (Wildman–Crippen MR) is 111 cm³/mol. The maximum atomic E-state index is 5.91. The minimum absolute atomic E-state index is 0.276. The summed E-state index contributed by atoms with van der Waals surface area (Å²) in [5.41, 5.74) is 5.10. The molecule has 0 fully saturated rings. The Kier molecular flexibility index (Phi) is 7.28. The second-order valence-corrected chi connectivity index (χ2v) is 7.56. The van der Waals surface area contributed by atoms with Crippen molar-refractivity contribution in [3.63, 3.8) is 0 Å². The Bertz CT molecular complexity index is 711. The maximum absolute atomic E-state index is 5.91. The van der Waals surface area contributed by atoms with E-state index in [0.29, 0.717) is 8.58 Å². The molecule has 2 rings (SSSR count). The molecule has 0 amide bonds. The van der Waals surface area contributed by atoms with Gasteiger partial charge in [-0.15, -0.1) is 0 Å². The van der Waals surface area contributed by atoms with E-state index in [1.807, 2.05) is 0 Å². The fraction of sp³-hybridized carbons (Fsp3) is 0.429. The van der Waals surface area contributed by atoms with E-state index >= 15 is 0 Å². The Hall–Kier alpha value is -1.57. The van der Waals surface area contributed by atoms with Crippen molar-refractivity contribution < 1.29 is 9.47 Å². The summed E-state index contributed by atoms with van der Waals surface area (Å²) in [6.07, 6.45) is 0. The van der Waals surface area contributed by atoms with Gasteiger partial charge in [-0.2, -0.15) is 0 Å². The summed E-state index contributed by atoms with van der Waals surface area (Å²) in [4.78, 5) is 2.42. The lowest BCUT2D eigenvalue weighted by Crippen LogP contribution is -2.27. The Morgan fingerprint density at radius 2 is 1.72 bits per heavy atom. The molecule has 0 heterocycles. The predicted octanol–water partition coefficient (Wildman–Crippen LogP) is 4.07. The van der Waals surface area contributed by atoms with Gasteiger partial charge in [-0.25, -0.2) is 0 Å². The molecule has 2 aromatic rings. The van der Waals surface area contributed by atoms with Gasteiger partial charge in [0.1, 0.15) is 5.75 Å². The van der Waals surface area contributed by atoms with E-state index in [4.69, 9.17) is 9.47 Å². The van der Waals surface area contributed by atoms with Gasteiger partial charge in [0.2, 0.25) is 0 Å². The van der Waals surface area contributed by atoms with E-state index < -0.39 is 0 Å². The third kappa shape index (κ3) is 4.74. The first-order valence-corrected chi connectivity index (χ1v) is 9.86. The molecule has 25 heavy (non-hydrogen) atoms. The number of benzene rings is 2. The van der Waals surface area contributed by atoms with Crippen LogP contribution in [0.15, 0.2) is 30.3 Å². The number of rotatable bonds is 8. The number of nitrogens with zero attached hydrogens (tertiary/aromatic N) is 1. The first-order chi connectivity index (χ1) is 12.0. The van der Waals surface area contributed by atoms with Crippen molar-refractivity contribution in [2.24, 2.45) is 0 Å². The number of anilines is 1. The lowest BCUT2D eigenvalue weighted by molar-refractivity contribution is 0.0514. The minimum atomic E-state index is 0.276. The van der Waals surface area contributed by atoms with Gasteiger partial charge in [0.25, 0.3) is 0 Å². The molecule has 0 N–H and O–H groups in total. The summed E-state index contributed by atoms with van der Waals surface area (Å²) >= 11 is 0. The highest BCUT2D eigenvalue weighted by Crippen LogP contribution is 2.29. The van der Waals surface area contributed by atoms with Crippen molar-refractivity contribution in [3.8, 4) is 5.75 Å². The molecule has 0 saturated carbocycles. The molecule has 0 aliphatic carbocycles. The van der Waals surface area contributed by atoms with Crippen LogP contribution in [0.2, 0.25) is 0 Å². The highest BCUT2D eigenvalue weighted by Gasteiger charge is 2.15. The SMILES string of the molecule is CCN(CC)c1cccc(C)c1Pc1cc(C)cc(C)c1OCOC. The van der Waals surface area contributed by atoms with Crippen LogP contribution in [-0.4, -0.2) is 27.0 Å². The van der Waals surface area contributed by atoms with Gasteiger partial charge in [0.05, 0.1) is 0 Å². The zero-order chi connectivity index (χ0) is 18.4. The summed E-state index contributed by atoms with van der Waals surface area (Å²) in [7, 11) is 2.21. The van der Waals surface area contributed by atoms with Crippen LogP contribution in [0.1, 0.15) is 30.5 Å². The third-order valence-electron chi connectivity index (χ3n) is 4.35. The van der Waals surface area contributed by atoms with Crippen LogP contribution < -0.4 is 20.2 Å². The molecule has 0 aromatic heterocycles. The zero-order valence-corrected chi connectivity index (χ0v) is 17.3. The van der Waals surface area contributed by atoms with Crippen LogP contribution in [0.4, 0.5) is 5.69 Å². The summed E-state index contributed by atoms with van der Waals surface area (Å²) in [5.74, 6) is 0.958. The van der Waals surface area contributed by atoms with Crippen LogP contribution in [0.3, 0.4) is 0 Å². The Labute approximate surface area is 154 Å². The average Bonchev–Trinajstić information content (AvgIpc) is 2.58. The lowest BCUT2D eigenvalue weighted by atomic mass is 10.1. The largest absolute Gasteiger partial charge is 0.467 e. The van der Waals surface area contributed by atoms with Crippen molar-refractivity contribution in [3.05, 3.63) is 47.0 Å². The van der Waals surface area contributed by atoms with Gasteiger partial charge in [0, 0.05) is 36.5 Å². The van der Waals surface area contributed by atoms with Crippen LogP contribution in [0.25, 0.3) is 0 Å². The Morgan fingerprint density at radius 3 is 2.36 bits per heavy atom. The first-order valence-electron chi connectivity index (χ1n) is 8.86. The van der Waals surface area contributed by atoms with Gasteiger partial charge in [0.15, 0.2) is 6.79 Å². The van der Waals surface area contributed by atoms with Crippen LogP contribution in [0.5, 0.6) is 5.75 Å². The average molecular weight is 359 g/mol. The lowest BCUT2D eigenvalue weighted by Gasteiger charge is -2.26. The van der Waals surface area contributed by atoms with Crippen molar-refractivity contribution in [2.45, 2.75) is 34.6 Å². The van der Waals surface area contributed by atoms with Crippen molar-refractivity contribution in [2.75, 3.05) is 31.9 Å². The van der Waals surface area contributed by atoms with Crippen LogP contribution in [-0.2, 0) is 4.74 Å². The van der Waals surface area contributed by atoms with Gasteiger partial charge in [-0.1, -0.05) is 26.8 Å². The molecule has 136 valence electrons. The fourth-order valence-corrected chi connectivity index (χ4v) is 4.74. The second kappa shape index (κ2) is 9.22. The Balaban J connectivity index is 2.49. The number of hydrogen-bond acceptors (Lipinski definition) is 3. The highest BCUT2D eigenvalue weighted by atomic mass is 31.1. The zero-order valence-electron chi connectivity index (χ0n) is 16.3. The third-order valence-corrected chi connectivity index (χ3v) is 5.90. The molecule has 0 aliphatic heterocycles. The number of aryl methyl sites for hydroxylation is 3. The minimum Gasteiger partial charge on any atom is -0.467 e.